The third kappa shape index (κ3) is 2.84. The number of hydrogen-bond acceptors (Lipinski definition) is 3. The van der Waals surface area contributed by atoms with Crippen LogP contribution >= 0.6 is 0 Å². The summed E-state index contributed by atoms with van der Waals surface area (Å²) in [5.74, 6) is -1.04. The summed E-state index contributed by atoms with van der Waals surface area (Å²) in [4.78, 5) is 25.2. The highest BCUT2D eigenvalue weighted by Gasteiger charge is 2.32. The standard InChI is InChI=1S/C14H21N3O3/c1-8-6-11(14(19)20)4-5-17(8)13(18)7-12-9(2)15-16-10(12)3/h8,11H,4-7H2,1-3H3,(H,15,16)(H,19,20). The molecule has 0 spiro atoms. The van der Waals surface area contributed by atoms with Gasteiger partial charge < -0.3 is 10.0 Å². The Morgan fingerprint density at radius 1 is 1.45 bits per heavy atom. The Balaban J connectivity index is 2.02. The van der Waals surface area contributed by atoms with Gasteiger partial charge in [-0.15, -0.1) is 0 Å². The Bertz CT molecular complexity index is 504. The molecule has 2 atom stereocenters. The summed E-state index contributed by atoms with van der Waals surface area (Å²) in [6.45, 7) is 6.23. The van der Waals surface area contributed by atoms with Crippen LogP contribution in [-0.2, 0) is 16.0 Å². The Labute approximate surface area is 118 Å². The van der Waals surface area contributed by atoms with Gasteiger partial charge in [0.15, 0.2) is 0 Å². The van der Waals surface area contributed by atoms with E-state index in [4.69, 9.17) is 5.11 Å². The van der Waals surface area contributed by atoms with Crippen LogP contribution in [0.15, 0.2) is 0 Å². The van der Waals surface area contributed by atoms with Gasteiger partial charge in [-0.25, -0.2) is 0 Å². The first-order valence-corrected chi connectivity index (χ1v) is 6.92. The Morgan fingerprint density at radius 3 is 2.65 bits per heavy atom. The number of H-pyrrole nitrogens is 1. The quantitative estimate of drug-likeness (QED) is 0.872. The highest BCUT2D eigenvalue weighted by Crippen LogP contribution is 2.24. The first-order chi connectivity index (χ1) is 9.40. The van der Waals surface area contributed by atoms with Crippen molar-refractivity contribution in [2.75, 3.05) is 6.54 Å². The number of carbonyl (C=O) groups excluding carboxylic acids is 1. The van der Waals surface area contributed by atoms with Crippen molar-refractivity contribution in [3.05, 3.63) is 17.0 Å². The zero-order valence-corrected chi connectivity index (χ0v) is 12.1. The van der Waals surface area contributed by atoms with Crippen LogP contribution in [0.5, 0.6) is 0 Å². The van der Waals surface area contributed by atoms with E-state index in [2.05, 4.69) is 10.2 Å². The monoisotopic (exact) mass is 279 g/mol. The van der Waals surface area contributed by atoms with Gasteiger partial charge in [0, 0.05) is 23.8 Å². The summed E-state index contributed by atoms with van der Waals surface area (Å²) in [6, 6.07) is -0.0233. The van der Waals surface area contributed by atoms with Gasteiger partial charge in [-0.05, 0) is 33.6 Å². The number of aromatic amines is 1. The predicted molar refractivity (Wildman–Crippen MR) is 73.3 cm³/mol. The minimum Gasteiger partial charge on any atom is -0.481 e. The number of nitrogens with one attached hydrogen (secondary N) is 1. The minimum atomic E-state index is -0.759. The van der Waals surface area contributed by atoms with Crippen LogP contribution in [0, 0.1) is 19.8 Å². The summed E-state index contributed by atoms with van der Waals surface area (Å²) < 4.78 is 0. The lowest BCUT2D eigenvalue weighted by Gasteiger charge is -2.36. The molecule has 0 aliphatic carbocycles. The number of likely N-dealkylation sites (tertiary alicyclic amines) is 1. The lowest BCUT2D eigenvalue weighted by atomic mass is 9.91. The van der Waals surface area contributed by atoms with E-state index < -0.39 is 5.97 Å². The van der Waals surface area contributed by atoms with E-state index in [0.717, 1.165) is 17.0 Å². The second kappa shape index (κ2) is 5.64. The summed E-state index contributed by atoms with van der Waals surface area (Å²) in [7, 11) is 0. The van der Waals surface area contributed by atoms with Crippen molar-refractivity contribution in [1.82, 2.24) is 15.1 Å². The molecular weight excluding hydrogens is 258 g/mol. The maximum atomic E-state index is 12.4. The molecule has 0 saturated carbocycles. The fraction of sp³-hybridized carbons (Fsp3) is 0.643. The molecule has 2 unspecified atom stereocenters. The summed E-state index contributed by atoms with van der Waals surface area (Å²) in [6.07, 6.45) is 1.40. The number of carboxylic acid groups (broad SMARTS) is 1. The molecular formula is C14H21N3O3. The second-order valence-electron chi connectivity index (χ2n) is 5.59. The molecule has 1 fully saturated rings. The maximum absolute atomic E-state index is 12.4. The zero-order valence-electron chi connectivity index (χ0n) is 12.1. The zero-order chi connectivity index (χ0) is 14.9. The number of piperidine rings is 1. The van der Waals surface area contributed by atoms with Gasteiger partial charge in [-0.2, -0.15) is 5.10 Å². The fourth-order valence-corrected chi connectivity index (χ4v) is 2.85. The molecule has 0 radical (unpaired) electrons. The van der Waals surface area contributed by atoms with E-state index in [0.29, 0.717) is 25.8 Å². The van der Waals surface area contributed by atoms with E-state index >= 15 is 0 Å². The molecule has 110 valence electrons. The predicted octanol–water partition coefficient (Wildman–Crippen LogP) is 1.28. The highest BCUT2D eigenvalue weighted by molar-refractivity contribution is 5.80. The molecule has 1 aromatic heterocycles. The summed E-state index contributed by atoms with van der Waals surface area (Å²) in [5.41, 5.74) is 2.72. The number of aliphatic carboxylic acids is 1. The molecule has 2 heterocycles. The average Bonchev–Trinajstić information content (AvgIpc) is 2.70. The molecule has 1 aliphatic rings. The van der Waals surface area contributed by atoms with Gasteiger partial charge in [-0.1, -0.05) is 0 Å². The number of amides is 1. The van der Waals surface area contributed by atoms with Gasteiger partial charge in [0.05, 0.1) is 18.0 Å². The number of nitrogens with zero attached hydrogens (tertiary/aromatic N) is 2. The number of carbonyl (C=O) groups is 2. The molecule has 2 rings (SSSR count). The van der Waals surface area contributed by atoms with Crippen LogP contribution in [-0.4, -0.2) is 44.7 Å². The highest BCUT2D eigenvalue weighted by atomic mass is 16.4. The van der Waals surface area contributed by atoms with E-state index in [9.17, 15) is 9.59 Å². The third-order valence-corrected chi connectivity index (χ3v) is 4.15. The van der Waals surface area contributed by atoms with Crippen molar-refractivity contribution < 1.29 is 14.7 Å². The van der Waals surface area contributed by atoms with Gasteiger partial charge in [-0.3, -0.25) is 14.7 Å². The maximum Gasteiger partial charge on any atom is 0.306 e. The Morgan fingerprint density at radius 2 is 2.15 bits per heavy atom. The number of aromatic nitrogens is 2. The van der Waals surface area contributed by atoms with Crippen molar-refractivity contribution in [3.8, 4) is 0 Å². The van der Waals surface area contributed by atoms with E-state index in [-0.39, 0.29) is 17.9 Å². The van der Waals surface area contributed by atoms with Gasteiger partial charge in [0.1, 0.15) is 0 Å². The Hall–Kier alpha value is -1.85. The SMILES string of the molecule is Cc1n[nH]c(C)c1CC(=O)N1CCC(C(=O)O)CC1C. The van der Waals surface area contributed by atoms with Crippen molar-refractivity contribution in [2.24, 2.45) is 5.92 Å². The molecule has 1 amide bonds. The third-order valence-electron chi connectivity index (χ3n) is 4.15. The number of rotatable bonds is 3. The molecule has 1 aliphatic heterocycles. The van der Waals surface area contributed by atoms with Crippen molar-refractivity contribution in [2.45, 2.75) is 46.1 Å². The largest absolute Gasteiger partial charge is 0.481 e. The second-order valence-corrected chi connectivity index (χ2v) is 5.59. The minimum absolute atomic E-state index is 0.0233. The van der Waals surface area contributed by atoms with Crippen LogP contribution in [0.2, 0.25) is 0 Å². The topological polar surface area (TPSA) is 86.3 Å². The van der Waals surface area contributed by atoms with Gasteiger partial charge in [0.25, 0.3) is 0 Å². The molecule has 20 heavy (non-hydrogen) atoms. The van der Waals surface area contributed by atoms with Crippen LogP contribution in [0.3, 0.4) is 0 Å². The van der Waals surface area contributed by atoms with Crippen molar-refractivity contribution >= 4 is 11.9 Å². The normalized spacial score (nSPS) is 22.9. The average molecular weight is 279 g/mol. The molecule has 2 N–H and O–H groups in total. The molecule has 1 aromatic rings. The van der Waals surface area contributed by atoms with Crippen LogP contribution in [0.1, 0.15) is 36.7 Å². The lowest BCUT2D eigenvalue weighted by Crippen LogP contribution is -2.46. The molecule has 0 aromatic carbocycles. The summed E-state index contributed by atoms with van der Waals surface area (Å²) >= 11 is 0. The van der Waals surface area contributed by atoms with E-state index in [1.807, 2.05) is 20.8 Å². The van der Waals surface area contributed by atoms with Crippen molar-refractivity contribution in [3.63, 3.8) is 0 Å². The number of aryl methyl sites for hydroxylation is 2. The summed E-state index contributed by atoms with van der Waals surface area (Å²) in [5, 5.41) is 16.0. The van der Waals surface area contributed by atoms with E-state index in [1.54, 1.807) is 4.90 Å². The van der Waals surface area contributed by atoms with E-state index in [1.165, 1.54) is 0 Å². The number of carboxylic acids is 1. The van der Waals surface area contributed by atoms with Crippen LogP contribution < -0.4 is 0 Å². The fourth-order valence-electron chi connectivity index (χ4n) is 2.85. The first-order valence-electron chi connectivity index (χ1n) is 6.92. The molecule has 6 heteroatoms. The van der Waals surface area contributed by atoms with Gasteiger partial charge in [0.2, 0.25) is 5.91 Å². The van der Waals surface area contributed by atoms with Gasteiger partial charge >= 0.3 is 5.97 Å². The smallest absolute Gasteiger partial charge is 0.306 e. The van der Waals surface area contributed by atoms with Crippen molar-refractivity contribution in [1.29, 1.82) is 0 Å². The molecule has 0 bridgehead atoms. The first kappa shape index (κ1) is 14.6. The van der Waals surface area contributed by atoms with Crippen LogP contribution in [0.4, 0.5) is 0 Å². The number of hydrogen-bond donors (Lipinski definition) is 2. The molecule has 6 nitrogen and oxygen atoms in total. The Kier molecular flexibility index (Phi) is 4.11. The molecule has 1 saturated heterocycles. The lowest BCUT2D eigenvalue weighted by molar-refractivity contribution is -0.147. The van der Waals surface area contributed by atoms with Crippen LogP contribution in [0.25, 0.3) is 0 Å².